The molecule has 0 unspecified atom stereocenters. The van der Waals surface area contributed by atoms with Gasteiger partial charge in [0.1, 0.15) is 0 Å². The van der Waals surface area contributed by atoms with E-state index in [1.807, 2.05) is 19.1 Å². The number of benzene rings is 1. The fourth-order valence-corrected chi connectivity index (χ4v) is 4.20. The number of anilines is 1. The molecule has 1 aliphatic heterocycles. The third kappa shape index (κ3) is 4.18. The quantitative estimate of drug-likeness (QED) is 0.828. The molecule has 0 spiro atoms. The molecule has 0 amide bonds. The fraction of sp³-hybridized carbons (Fsp3) is 0.571. The van der Waals surface area contributed by atoms with Crippen LogP contribution in [0.3, 0.4) is 0 Å². The zero-order valence-corrected chi connectivity index (χ0v) is 14.5. The van der Waals surface area contributed by atoms with E-state index >= 15 is 0 Å². The maximum absolute atomic E-state index is 12.4. The Bertz CT molecular complexity index is 584. The number of nitrogens with zero attached hydrogens (tertiary/aromatic N) is 1. The lowest BCUT2D eigenvalue weighted by Crippen LogP contribution is -2.42. The molecule has 1 heterocycles. The summed E-state index contributed by atoms with van der Waals surface area (Å²) in [5, 5.41) is 9.12. The maximum Gasteiger partial charge on any atom is 0.301 e. The zero-order valence-electron chi connectivity index (χ0n) is 12.0. The molecule has 0 radical (unpaired) electrons. The Morgan fingerprint density at radius 3 is 2.62 bits per heavy atom. The summed E-state index contributed by atoms with van der Waals surface area (Å²) in [6, 6.07) is 5.53. The van der Waals surface area contributed by atoms with E-state index in [4.69, 9.17) is 5.11 Å². The molecule has 1 aromatic rings. The van der Waals surface area contributed by atoms with Gasteiger partial charge in [-0.3, -0.25) is 4.72 Å². The first-order valence-electron chi connectivity index (χ1n) is 7.13. The number of piperidine rings is 1. The number of aliphatic hydroxyl groups excluding tert-OH is 1. The molecule has 5 nitrogen and oxygen atoms in total. The number of aliphatic hydroxyl groups is 1. The van der Waals surface area contributed by atoms with Crippen LogP contribution >= 0.6 is 15.9 Å². The van der Waals surface area contributed by atoms with E-state index in [-0.39, 0.29) is 12.5 Å². The molecule has 7 heteroatoms. The van der Waals surface area contributed by atoms with Gasteiger partial charge in [0.25, 0.3) is 0 Å². The SMILES string of the molecule is CCc1cc(Br)ccc1NS(=O)(=O)N1CCC(CO)CC1. The number of hydrogen-bond donors (Lipinski definition) is 2. The van der Waals surface area contributed by atoms with Crippen molar-refractivity contribution in [3.63, 3.8) is 0 Å². The number of rotatable bonds is 5. The van der Waals surface area contributed by atoms with Crippen molar-refractivity contribution in [3.05, 3.63) is 28.2 Å². The molecule has 21 heavy (non-hydrogen) atoms. The second kappa shape index (κ2) is 7.09. The molecule has 0 bridgehead atoms. The van der Waals surface area contributed by atoms with Crippen LogP contribution in [0.5, 0.6) is 0 Å². The van der Waals surface area contributed by atoms with Crippen LogP contribution in [-0.4, -0.2) is 37.5 Å². The van der Waals surface area contributed by atoms with Crippen molar-refractivity contribution in [2.45, 2.75) is 26.2 Å². The van der Waals surface area contributed by atoms with Crippen molar-refractivity contribution in [1.82, 2.24) is 4.31 Å². The standard InChI is InChI=1S/C14H21BrN2O3S/c1-2-12-9-13(15)3-4-14(12)16-21(19,20)17-7-5-11(10-18)6-8-17/h3-4,9,11,16,18H,2,5-8,10H2,1H3. The summed E-state index contributed by atoms with van der Waals surface area (Å²) in [5.74, 6) is 0.218. The van der Waals surface area contributed by atoms with Crippen LogP contribution in [0.1, 0.15) is 25.3 Å². The van der Waals surface area contributed by atoms with Crippen LogP contribution in [0, 0.1) is 5.92 Å². The molecule has 1 aromatic carbocycles. The topological polar surface area (TPSA) is 69.6 Å². The van der Waals surface area contributed by atoms with E-state index in [9.17, 15) is 8.42 Å². The van der Waals surface area contributed by atoms with Gasteiger partial charge in [0.05, 0.1) is 5.69 Å². The number of hydrogen-bond acceptors (Lipinski definition) is 3. The Morgan fingerprint density at radius 1 is 1.38 bits per heavy atom. The van der Waals surface area contributed by atoms with Gasteiger partial charge in [-0.05, 0) is 48.9 Å². The molecular weight excluding hydrogens is 356 g/mol. The summed E-state index contributed by atoms with van der Waals surface area (Å²) in [6.45, 7) is 3.04. The summed E-state index contributed by atoms with van der Waals surface area (Å²) in [4.78, 5) is 0. The van der Waals surface area contributed by atoms with Gasteiger partial charge >= 0.3 is 10.2 Å². The lowest BCUT2D eigenvalue weighted by molar-refractivity contribution is 0.170. The van der Waals surface area contributed by atoms with Crippen molar-refractivity contribution in [2.24, 2.45) is 5.92 Å². The highest BCUT2D eigenvalue weighted by molar-refractivity contribution is 9.10. The van der Waals surface area contributed by atoms with Gasteiger partial charge in [0, 0.05) is 24.2 Å². The average molecular weight is 377 g/mol. The predicted molar refractivity (Wildman–Crippen MR) is 87.4 cm³/mol. The van der Waals surface area contributed by atoms with E-state index in [0.29, 0.717) is 31.6 Å². The highest BCUT2D eigenvalue weighted by Gasteiger charge is 2.28. The lowest BCUT2D eigenvalue weighted by atomic mass is 10.00. The average Bonchev–Trinajstić information content (AvgIpc) is 2.49. The van der Waals surface area contributed by atoms with E-state index in [2.05, 4.69) is 20.7 Å². The van der Waals surface area contributed by atoms with Gasteiger partial charge in [-0.1, -0.05) is 22.9 Å². The normalized spacial score (nSPS) is 17.9. The van der Waals surface area contributed by atoms with Crippen molar-refractivity contribution in [3.8, 4) is 0 Å². The third-order valence-electron chi connectivity index (χ3n) is 3.86. The molecule has 0 atom stereocenters. The van der Waals surface area contributed by atoms with Crippen LogP contribution < -0.4 is 4.72 Å². The van der Waals surface area contributed by atoms with Gasteiger partial charge < -0.3 is 5.11 Å². The Morgan fingerprint density at radius 2 is 2.05 bits per heavy atom. The predicted octanol–water partition coefficient (Wildman–Crippen LogP) is 2.37. The first-order chi connectivity index (χ1) is 9.96. The van der Waals surface area contributed by atoms with Gasteiger partial charge in [0.2, 0.25) is 0 Å². The minimum atomic E-state index is -3.53. The number of aryl methyl sites for hydroxylation is 1. The Hall–Kier alpha value is -0.630. The number of halogens is 1. The van der Waals surface area contributed by atoms with E-state index in [0.717, 1.165) is 16.5 Å². The minimum Gasteiger partial charge on any atom is -0.396 e. The minimum absolute atomic E-state index is 0.133. The highest BCUT2D eigenvalue weighted by atomic mass is 79.9. The zero-order chi connectivity index (χ0) is 15.5. The van der Waals surface area contributed by atoms with Crippen molar-refractivity contribution in [2.75, 3.05) is 24.4 Å². The number of nitrogens with one attached hydrogen (secondary N) is 1. The summed E-state index contributed by atoms with van der Waals surface area (Å²) < 4.78 is 30.0. The Balaban J connectivity index is 2.11. The van der Waals surface area contributed by atoms with Crippen LogP contribution in [0.15, 0.2) is 22.7 Å². The van der Waals surface area contributed by atoms with Gasteiger partial charge in [-0.25, -0.2) is 0 Å². The largest absolute Gasteiger partial charge is 0.396 e. The molecule has 0 saturated carbocycles. The summed E-state index contributed by atoms with van der Waals surface area (Å²) in [6.07, 6.45) is 2.17. The molecule has 1 fully saturated rings. The highest BCUT2D eigenvalue weighted by Crippen LogP contribution is 2.25. The van der Waals surface area contributed by atoms with Crippen molar-refractivity contribution >= 4 is 31.8 Å². The lowest BCUT2D eigenvalue weighted by Gasteiger charge is -2.30. The van der Waals surface area contributed by atoms with E-state index in [1.165, 1.54) is 4.31 Å². The van der Waals surface area contributed by atoms with E-state index in [1.54, 1.807) is 6.07 Å². The van der Waals surface area contributed by atoms with Crippen LogP contribution in [-0.2, 0) is 16.6 Å². The van der Waals surface area contributed by atoms with Gasteiger partial charge in [-0.15, -0.1) is 0 Å². The molecule has 0 aromatic heterocycles. The molecule has 118 valence electrons. The maximum atomic E-state index is 12.4. The Kier molecular flexibility index (Phi) is 5.65. The van der Waals surface area contributed by atoms with Crippen LogP contribution in [0.2, 0.25) is 0 Å². The second-order valence-electron chi connectivity index (χ2n) is 5.29. The molecule has 2 rings (SSSR count). The molecular formula is C14H21BrN2O3S. The Labute approximate surface area is 134 Å². The fourth-order valence-electron chi connectivity index (χ4n) is 2.49. The molecule has 0 aliphatic carbocycles. The summed E-state index contributed by atoms with van der Waals surface area (Å²) in [5.41, 5.74) is 1.59. The summed E-state index contributed by atoms with van der Waals surface area (Å²) >= 11 is 3.40. The van der Waals surface area contributed by atoms with Crippen LogP contribution in [0.25, 0.3) is 0 Å². The smallest absolute Gasteiger partial charge is 0.301 e. The first-order valence-corrected chi connectivity index (χ1v) is 9.36. The van der Waals surface area contributed by atoms with Crippen molar-refractivity contribution in [1.29, 1.82) is 0 Å². The van der Waals surface area contributed by atoms with Crippen molar-refractivity contribution < 1.29 is 13.5 Å². The monoisotopic (exact) mass is 376 g/mol. The van der Waals surface area contributed by atoms with E-state index < -0.39 is 10.2 Å². The first kappa shape index (κ1) is 16.7. The molecule has 2 N–H and O–H groups in total. The van der Waals surface area contributed by atoms with Gasteiger partial charge in [0.15, 0.2) is 0 Å². The second-order valence-corrected chi connectivity index (χ2v) is 7.87. The third-order valence-corrected chi connectivity index (χ3v) is 5.87. The van der Waals surface area contributed by atoms with Crippen LogP contribution in [0.4, 0.5) is 5.69 Å². The summed E-state index contributed by atoms with van der Waals surface area (Å²) in [7, 11) is -3.53. The molecule has 1 aliphatic rings. The molecule has 1 saturated heterocycles. The van der Waals surface area contributed by atoms with Gasteiger partial charge in [-0.2, -0.15) is 12.7 Å².